The fourth-order valence-corrected chi connectivity index (χ4v) is 1.92. The number of nitrogens with zero attached hydrogens (tertiary/aromatic N) is 2. The third-order valence-electron chi connectivity index (χ3n) is 2.98. The highest BCUT2D eigenvalue weighted by Gasteiger charge is 1.95. The number of hydrogen-bond donors (Lipinski definition) is 0. The van der Waals surface area contributed by atoms with Gasteiger partial charge in [-0.15, -0.1) is 0 Å². The fourth-order valence-electron chi connectivity index (χ4n) is 1.92. The van der Waals surface area contributed by atoms with E-state index in [1.807, 2.05) is 53.4 Å². The minimum absolute atomic E-state index is 0.238. The normalized spacial score (nSPS) is 11.1. The SMILES string of the molecule is Fc1ccc(C=Nc2ccc(-n3cccc3)cc2)cc1. The van der Waals surface area contributed by atoms with Crippen molar-refractivity contribution < 1.29 is 4.39 Å². The van der Waals surface area contributed by atoms with Crippen LogP contribution in [0.5, 0.6) is 0 Å². The van der Waals surface area contributed by atoms with Gasteiger partial charge in [0, 0.05) is 24.3 Å². The van der Waals surface area contributed by atoms with E-state index in [0.717, 1.165) is 16.9 Å². The predicted molar refractivity (Wildman–Crippen MR) is 79.4 cm³/mol. The minimum atomic E-state index is -0.238. The second kappa shape index (κ2) is 5.53. The van der Waals surface area contributed by atoms with E-state index in [9.17, 15) is 4.39 Å². The van der Waals surface area contributed by atoms with E-state index in [0.29, 0.717) is 0 Å². The topological polar surface area (TPSA) is 17.3 Å². The summed E-state index contributed by atoms with van der Waals surface area (Å²) in [6.07, 6.45) is 5.72. The van der Waals surface area contributed by atoms with E-state index in [4.69, 9.17) is 0 Å². The van der Waals surface area contributed by atoms with Crippen molar-refractivity contribution in [1.82, 2.24) is 4.57 Å². The second-order valence-electron chi connectivity index (χ2n) is 4.42. The first-order valence-corrected chi connectivity index (χ1v) is 6.34. The van der Waals surface area contributed by atoms with Crippen molar-refractivity contribution in [3.63, 3.8) is 0 Å². The lowest BCUT2D eigenvalue weighted by molar-refractivity contribution is 0.628. The lowest BCUT2D eigenvalue weighted by atomic mass is 10.2. The molecule has 1 aromatic heterocycles. The summed E-state index contributed by atoms with van der Waals surface area (Å²) < 4.78 is 14.8. The Morgan fingerprint density at radius 2 is 1.50 bits per heavy atom. The summed E-state index contributed by atoms with van der Waals surface area (Å²) in [4.78, 5) is 4.37. The van der Waals surface area contributed by atoms with Crippen molar-refractivity contribution in [3.8, 4) is 5.69 Å². The van der Waals surface area contributed by atoms with Crippen LogP contribution in [0.4, 0.5) is 10.1 Å². The Morgan fingerprint density at radius 3 is 2.15 bits per heavy atom. The van der Waals surface area contributed by atoms with Gasteiger partial charge in [0.2, 0.25) is 0 Å². The van der Waals surface area contributed by atoms with Crippen molar-refractivity contribution in [3.05, 3.63) is 84.4 Å². The summed E-state index contributed by atoms with van der Waals surface area (Å²) in [7, 11) is 0. The Hall–Kier alpha value is -2.68. The molecule has 0 aliphatic rings. The zero-order valence-corrected chi connectivity index (χ0v) is 10.8. The van der Waals surface area contributed by atoms with Gasteiger partial charge in [0.1, 0.15) is 5.82 Å². The smallest absolute Gasteiger partial charge is 0.123 e. The average molecular weight is 264 g/mol. The quantitative estimate of drug-likeness (QED) is 0.625. The maximum absolute atomic E-state index is 12.8. The molecule has 0 spiro atoms. The fraction of sp³-hybridized carbons (Fsp3) is 0. The Morgan fingerprint density at radius 1 is 0.850 bits per heavy atom. The van der Waals surface area contributed by atoms with Gasteiger partial charge in [-0.05, 0) is 54.1 Å². The number of halogens is 1. The Balaban J connectivity index is 1.76. The number of aliphatic imine (C=N–C) groups is 1. The van der Waals surface area contributed by atoms with E-state index in [1.54, 1.807) is 18.3 Å². The first-order valence-electron chi connectivity index (χ1n) is 6.34. The van der Waals surface area contributed by atoms with Crippen LogP contribution in [0.1, 0.15) is 5.56 Å². The van der Waals surface area contributed by atoms with Gasteiger partial charge in [-0.2, -0.15) is 0 Å². The molecule has 0 aliphatic heterocycles. The molecule has 2 aromatic carbocycles. The molecule has 0 saturated heterocycles. The Kier molecular flexibility index (Phi) is 3.42. The van der Waals surface area contributed by atoms with Gasteiger partial charge in [-0.3, -0.25) is 4.99 Å². The first-order chi connectivity index (χ1) is 9.81. The van der Waals surface area contributed by atoms with E-state index < -0.39 is 0 Å². The van der Waals surface area contributed by atoms with E-state index in [-0.39, 0.29) is 5.82 Å². The van der Waals surface area contributed by atoms with Crippen LogP contribution in [-0.2, 0) is 0 Å². The molecule has 0 fully saturated rings. The van der Waals surface area contributed by atoms with Crippen molar-refractivity contribution in [1.29, 1.82) is 0 Å². The Labute approximate surface area is 116 Å². The van der Waals surface area contributed by atoms with Gasteiger partial charge >= 0.3 is 0 Å². The van der Waals surface area contributed by atoms with Crippen LogP contribution in [0, 0.1) is 5.82 Å². The number of rotatable bonds is 3. The maximum Gasteiger partial charge on any atom is 0.123 e. The predicted octanol–water partition coefficient (Wildman–Crippen LogP) is 4.37. The molecular weight excluding hydrogens is 251 g/mol. The maximum atomic E-state index is 12.8. The van der Waals surface area contributed by atoms with Gasteiger partial charge in [-0.1, -0.05) is 12.1 Å². The average Bonchev–Trinajstić information content (AvgIpc) is 3.01. The van der Waals surface area contributed by atoms with Crippen LogP contribution in [0.3, 0.4) is 0 Å². The van der Waals surface area contributed by atoms with Gasteiger partial charge in [0.05, 0.1) is 5.69 Å². The van der Waals surface area contributed by atoms with Gasteiger partial charge in [0.25, 0.3) is 0 Å². The van der Waals surface area contributed by atoms with E-state index in [1.165, 1.54) is 12.1 Å². The molecule has 1 heterocycles. The molecule has 2 nitrogen and oxygen atoms in total. The molecule has 0 atom stereocenters. The van der Waals surface area contributed by atoms with Crippen LogP contribution in [0.15, 0.2) is 78.0 Å². The van der Waals surface area contributed by atoms with Crippen LogP contribution in [-0.4, -0.2) is 10.8 Å². The molecule has 0 bridgehead atoms. The highest BCUT2D eigenvalue weighted by atomic mass is 19.1. The molecule has 0 saturated carbocycles. The van der Waals surface area contributed by atoms with Crippen molar-refractivity contribution >= 4 is 11.9 Å². The van der Waals surface area contributed by atoms with E-state index in [2.05, 4.69) is 4.99 Å². The van der Waals surface area contributed by atoms with Gasteiger partial charge in [-0.25, -0.2) is 4.39 Å². The molecule has 0 N–H and O–H groups in total. The molecule has 3 aromatic rings. The zero-order valence-electron chi connectivity index (χ0n) is 10.8. The van der Waals surface area contributed by atoms with Crippen LogP contribution < -0.4 is 0 Å². The molecular formula is C17H13FN2. The van der Waals surface area contributed by atoms with Crippen LogP contribution in [0.25, 0.3) is 5.69 Å². The third-order valence-corrected chi connectivity index (χ3v) is 2.98. The standard InChI is InChI=1S/C17H13FN2/c18-15-5-3-14(4-6-15)13-19-16-7-9-17(10-8-16)20-11-1-2-12-20/h1-13H. The monoisotopic (exact) mass is 264 g/mol. The van der Waals surface area contributed by atoms with Crippen molar-refractivity contribution in [2.45, 2.75) is 0 Å². The molecule has 98 valence electrons. The molecule has 20 heavy (non-hydrogen) atoms. The molecule has 0 amide bonds. The largest absolute Gasteiger partial charge is 0.324 e. The summed E-state index contributed by atoms with van der Waals surface area (Å²) in [6.45, 7) is 0. The van der Waals surface area contributed by atoms with Gasteiger partial charge in [0.15, 0.2) is 0 Å². The number of aromatic nitrogens is 1. The van der Waals surface area contributed by atoms with Crippen LogP contribution >= 0.6 is 0 Å². The van der Waals surface area contributed by atoms with E-state index >= 15 is 0 Å². The zero-order chi connectivity index (χ0) is 13.8. The summed E-state index contributed by atoms with van der Waals surface area (Å²) in [5.41, 5.74) is 2.84. The van der Waals surface area contributed by atoms with Crippen molar-refractivity contribution in [2.24, 2.45) is 4.99 Å². The summed E-state index contributed by atoms with van der Waals surface area (Å²) >= 11 is 0. The molecule has 3 rings (SSSR count). The minimum Gasteiger partial charge on any atom is -0.324 e. The highest BCUT2D eigenvalue weighted by Crippen LogP contribution is 2.16. The first kappa shape index (κ1) is 12.4. The number of benzene rings is 2. The van der Waals surface area contributed by atoms with Crippen molar-refractivity contribution in [2.75, 3.05) is 0 Å². The molecule has 0 aliphatic carbocycles. The van der Waals surface area contributed by atoms with Gasteiger partial charge < -0.3 is 4.57 Å². The number of hydrogen-bond acceptors (Lipinski definition) is 1. The highest BCUT2D eigenvalue weighted by molar-refractivity contribution is 5.81. The lowest BCUT2D eigenvalue weighted by Gasteiger charge is -2.02. The third kappa shape index (κ3) is 2.83. The molecule has 3 heteroatoms. The summed E-state index contributed by atoms with van der Waals surface area (Å²) in [6, 6.07) is 18.2. The summed E-state index contributed by atoms with van der Waals surface area (Å²) in [5, 5.41) is 0. The Bertz CT molecular complexity index is 696. The molecule has 0 unspecified atom stereocenters. The second-order valence-corrected chi connectivity index (χ2v) is 4.42. The summed E-state index contributed by atoms with van der Waals surface area (Å²) in [5.74, 6) is -0.238. The lowest BCUT2D eigenvalue weighted by Crippen LogP contribution is -1.87. The van der Waals surface area contributed by atoms with Crippen LogP contribution in [0.2, 0.25) is 0 Å². The molecule has 0 radical (unpaired) electrons.